The van der Waals surface area contributed by atoms with E-state index in [0.29, 0.717) is 37.1 Å². The van der Waals surface area contributed by atoms with Gasteiger partial charge in [-0.05, 0) is 31.9 Å². The number of hydrogen-bond acceptors (Lipinski definition) is 6. The zero-order chi connectivity index (χ0) is 24.6. The molecule has 2 saturated heterocycles. The van der Waals surface area contributed by atoms with Crippen LogP contribution >= 0.6 is 0 Å². The number of amides is 2. The Hall–Kier alpha value is -3.47. The molecule has 3 aromatic rings. The third-order valence-electron chi connectivity index (χ3n) is 6.70. The third kappa shape index (κ3) is 4.60. The Morgan fingerprint density at radius 2 is 1.83 bits per heavy atom. The van der Waals surface area contributed by atoms with E-state index < -0.39 is 17.4 Å². The fraction of sp³-hybridized carbons (Fsp3) is 0.458. The van der Waals surface area contributed by atoms with Crippen LogP contribution in [0, 0.1) is 12.7 Å². The molecule has 1 aromatic carbocycles. The van der Waals surface area contributed by atoms with Crippen LogP contribution in [-0.2, 0) is 9.53 Å². The molecule has 1 N–H and O–H groups in total. The van der Waals surface area contributed by atoms with Gasteiger partial charge in [0.2, 0.25) is 0 Å². The summed E-state index contributed by atoms with van der Waals surface area (Å²) in [5.74, 6) is -0.974. The maximum atomic E-state index is 15.0. The molecule has 11 heteroatoms. The number of carbonyl (C=O) groups excluding carboxylic acids is 2. The van der Waals surface area contributed by atoms with Crippen molar-refractivity contribution in [3.05, 3.63) is 47.7 Å². The van der Waals surface area contributed by atoms with Gasteiger partial charge in [0.25, 0.3) is 17.8 Å². The second-order valence-corrected chi connectivity index (χ2v) is 9.05. The molecule has 2 aliphatic heterocycles. The maximum absolute atomic E-state index is 15.0. The quantitative estimate of drug-likeness (QED) is 0.611. The van der Waals surface area contributed by atoms with Crippen molar-refractivity contribution in [2.24, 2.45) is 0 Å². The van der Waals surface area contributed by atoms with Crippen LogP contribution in [0.2, 0.25) is 0 Å². The number of alkyl halides is 1. The smallest absolute Gasteiger partial charge is 0.260 e. The van der Waals surface area contributed by atoms with Gasteiger partial charge in [-0.3, -0.25) is 9.59 Å². The number of likely N-dealkylation sites (tertiary alicyclic amines) is 1. The standard InChI is InChI=1S/C24H26F2N6O3/c1-15-19-3-2-17(25)12-20(19)32(30-15)23-27-13-16(14-28-23)21(33)29-18-4-8-31(9-5-18)22(34)24(26)6-10-35-11-7-24/h2-3,12-14,18H,4-11H2,1H3,(H,29,33). The molecule has 2 amide bonds. The van der Waals surface area contributed by atoms with Crippen molar-refractivity contribution in [3.8, 4) is 5.95 Å². The highest BCUT2D eigenvalue weighted by molar-refractivity contribution is 5.94. The summed E-state index contributed by atoms with van der Waals surface area (Å²) in [4.78, 5) is 35.4. The van der Waals surface area contributed by atoms with Gasteiger partial charge in [0, 0.05) is 55.8 Å². The van der Waals surface area contributed by atoms with Gasteiger partial charge in [0.1, 0.15) is 5.82 Å². The molecular formula is C24H26F2N6O3. The van der Waals surface area contributed by atoms with Gasteiger partial charge in [-0.2, -0.15) is 9.78 Å². The topological polar surface area (TPSA) is 102 Å². The largest absolute Gasteiger partial charge is 0.381 e. The molecule has 4 heterocycles. The Balaban J connectivity index is 1.20. The van der Waals surface area contributed by atoms with Gasteiger partial charge >= 0.3 is 0 Å². The van der Waals surface area contributed by atoms with Gasteiger partial charge in [-0.15, -0.1) is 0 Å². The van der Waals surface area contributed by atoms with Crippen molar-refractivity contribution in [1.29, 1.82) is 0 Å². The molecule has 2 fully saturated rings. The fourth-order valence-corrected chi connectivity index (χ4v) is 4.63. The number of fused-ring (bicyclic) bond motifs is 1. The van der Waals surface area contributed by atoms with Crippen LogP contribution in [-0.4, -0.2) is 74.5 Å². The predicted molar refractivity (Wildman–Crippen MR) is 122 cm³/mol. The SMILES string of the molecule is Cc1nn(-c2ncc(C(=O)NC3CCN(C(=O)C4(F)CCOCC4)CC3)cn2)c2cc(F)ccc12. The van der Waals surface area contributed by atoms with E-state index in [1.807, 2.05) is 6.92 Å². The van der Waals surface area contributed by atoms with Gasteiger partial charge in [-0.25, -0.2) is 18.7 Å². The molecule has 9 nitrogen and oxygen atoms in total. The Morgan fingerprint density at radius 1 is 1.14 bits per heavy atom. The second kappa shape index (κ2) is 9.29. The molecule has 5 rings (SSSR count). The number of rotatable bonds is 4. The average molecular weight is 485 g/mol. The zero-order valence-corrected chi connectivity index (χ0v) is 19.3. The first-order valence-electron chi connectivity index (χ1n) is 11.7. The number of nitrogens with one attached hydrogen (secondary N) is 1. The first-order valence-corrected chi connectivity index (χ1v) is 11.7. The monoisotopic (exact) mass is 484 g/mol. The van der Waals surface area contributed by atoms with Crippen LogP contribution in [0.5, 0.6) is 0 Å². The minimum atomic E-state index is -1.85. The molecule has 0 aliphatic carbocycles. The Labute approximate surface area is 200 Å². The molecule has 0 spiro atoms. The lowest BCUT2D eigenvalue weighted by atomic mass is 9.93. The van der Waals surface area contributed by atoms with Gasteiger partial charge in [-0.1, -0.05) is 0 Å². The van der Waals surface area contributed by atoms with Crippen LogP contribution in [0.3, 0.4) is 0 Å². The molecule has 0 atom stereocenters. The zero-order valence-electron chi connectivity index (χ0n) is 19.3. The van der Waals surface area contributed by atoms with E-state index in [1.54, 1.807) is 11.0 Å². The van der Waals surface area contributed by atoms with Crippen molar-refractivity contribution >= 4 is 22.7 Å². The molecule has 2 aliphatic rings. The summed E-state index contributed by atoms with van der Waals surface area (Å²) in [6.45, 7) is 3.09. The van der Waals surface area contributed by atoms with Crippen molar-refractivity contribution in [2.75, 3.05) is 26.3 Å². The summed E-state index contributed by atoms with van der Waals surface area (Å²) in [6.07, 6.45) is 4.04. The van der Waals surface area contributed by atoms with Crippen molar-refractivity contribution in [2.45, 2.75) is 44.3 Å². The molecule has 2 aromatic heterocycles. The van der Waals surface area contributed by atoms with E-state index in [2.05, 4.69) is 20.4 Å². The van der Waals surface area contributed by atoms with Crippen molar-refractivity contribution in [3.63, 3.8) is 0 Å². The minimum Gasteiger partial charge on any atom is -0.381 e. The Bertz CT molecular complexity index is 1250. The molecular weight excluding hydrogens is 458 g/mol. The normalized spacial score (nSPS) is 18.5. The van der Waals surface area contributed by atoms with Crippen LogP contribution in [0.15, 0.2) is 30.6 Å². The van der Waals surface area contributed by atoms with E-state index in [0.717, 1.165) is 5.39 Å². The number of aryl methyl sites for hydroxylation is 1. The number of aromatic nitrogens is 4. The third-order valence-corrected chi connectivity index (χ3v) is 6.70. The molecule has 0 unspecified atom stereocenters. The van der Waals surface area contributed by atoms with Crippen LogP contribution in [0.4, 0.5) is 8.78 Å². The van der Waals surface area contributed by atoms with Crippen LogP contribution in [0.25, 0.3) is 16.9 Å². The number of hydrogen-bond donors (Lipinski definition) is 1. The van der Waals surface area contributed by atoms with E-state index >= 15 is 0 Å². The van der Waals surface area contributed by atoms with Crippen LogP contribution < -0.4 is 5.32 Å². The Morgan fingerprint density at radius 3 is 2.51 bits per heavy atom. The summed E-state index contributed by atoms with van der Waals surface area (Å²) < 4.78 is 35.3. The van der Waals surface area contributed by atoms with E-state index in [4.69, 9.17) is 4.74 Å². The summed E-state index contributed by atoms with van der Waals surface area (Å²) in [5, 5.41) is 8.12. The number of halogens is 2. The summed E-state index contributed by atoms with van der Waals surface area (Å²) in [7, 11) is 0. The highest BCUT2D eigenvalue weighted by Gasteiger charge is 2.43. The summed E-state index contributed by atoms with van der Waals surface area (Å²) in [5.41, 5.74) is -0.323. The van der Waals surface area contributed by atoms with E-state index in [1.165, 1.54) is 29.2 Å². The van der Waals surface area contributed by atoms with Crippen molar-refractivity contribution in [1.82, 2.24) is 30.0 Å². The first-order chi connectivity index (χ1) is 16.8. The van der Waals surface area contributed by atoms with Crippen LogP contribution in [0.1, 0.15) is 41.7 Å². The molecule has 0 radical (unpaired) electrons. The molecule has 0 saturated carbocycles. The second-order valence-electron chi connectivity index (χ2n) is 9.05. The number of benzene rings is 1. The van der Waals surface area contributed by atoms with Crippen molar-refractivity contribution < 1.29 is 23.1 Å². The van der Waals surface area contributed by atoms with Gasteiger partial charge in [0.05, 0.1) is 30.0 Å². The highest BCUT2D eigenvalue weighted by Crippen LogP contribution is 2.29. The minimum absolute atomic E-state index is 0.0846. The molecule has 0 bridgehead atoms. The van der Waals surface area contributed by atoms with E-state index in [-0.39, 0.29) is 49.5 Å². The van der Waals surface area contributed by atoms with E-state index in [9.17, 15) is 18.4 Å². The summed E-state index contributed by atoms with van der Waals surface area (Å²) in [6, 6.07) is 4.25. The van der Waals surface area contributed by atoms with Gasteiger partial charge < -0.3 is 15.0 Å². The molecule has 184 valence electrons. The average Bonchev–Trinajstić information content (AvgIpc) is 3.20. The predicted octanol–water partition coefficient (Wildman–Crippen LogP) is 2.50. The number of piperidine rings is 1. The lowest BCUT2D eigenvalue weighted by Gasteiger charge is -2.38. The lowest BCUT2D eigenvalue weighted by Crippen LogP contribution is -2.53. The highest BCUT2D eigenvalue weighted by atomic mass is 19.1. The number of ether oxygens (including phenoxy) is 1. The number of carbonyl (C=O) groups is 2. The fourth-order valence-electron chi connectivity index (χ4n) is 4.63. The molecule has 35 heavy (non-hydrogen) atoms. The number of nitrogens with zero attached hydrogens (tertiary/aromatic N) is 5. The van der Waals surface area contributed by atoms with Gasteiger partial charge in [0.15, 0.2) is 5.67 Å². The lowest BCUT2D eigenvalue weighted by molar-refractivity contribution is -0.151. The maximum Gasteiger partial charge on any atom is 0.260 e. The Kier molecular flexibility index (Phi) is 6.18. The summed E-state index contributed by atoms with van der Waals surface area (Å²) >= 11 is 0. The first kappa shape index (κ1) is 23.3.